The van der Waals surface area contributed by atoms with Gasteiger partial charge in [-0.15, -0.1) is 11.3 Å². The summed E-state index contributed by atoms with van der Waals surface area (Å²) in [5.74, 6) is 0. The van der Waals surface area contributed by atoms with Crippen molar-refractivity contribution >= 4 is 11.3 Å². The Kier molecular flexibility index (Phi) is 8.16. The summed E-state index contributed by atoms with van der Waals surface area (Å²) in [6.07, 6.45) is 11.8. The Balaban J connectivity index is 1.39. The maximum atomic E-state index is 5.70. The number of thiophene rings is 1. The molecule has 0 aliphatic heterocycles. The number of nitrogens with two attached hydrogens (primary N) is 2. The Hall–Kier alpha value is -3.64. The van der Waals surface area contributed by atoms with Gasteiger partial charge in [0.25, 0.3) is 0 Å². The number of aryl methyl sites for hydroxylation is 2. The molecule has 5 aromatic rings. The Labute approximate surface area is 223 Å². The lowest BCUT2D eigenvalue weighted by Gasteiger charge is -2.07. The molecule has 0 radical (unpaired) electrons. The van der Waals surface area contributed by atoms with Crippen molar-refractivity contribution in [3.8, 4) is 43.1 Å². The smallest absolute Gasteiger partial charge is 0.0365 e. The molecule has 3 heterocycles. The van der Waals surface area contributed by atoms with Gasteiger partial charge in [0.15, 0.2) is 0 Å². The molecule has 4 N–H and O–H groups in total. The van der Waals surface area contributed by atoms with E-state index in [1.54, 1.807) is 11.3 Å². The number of pyridine rings is 2. The minimum atomic E-state index is 0.710. The van der Waals surface area contributed by atoms with Gasteiger partial charge in [0.05, 0.1) is 0 Å². The van der Waals surface area contributed by atoms with Crippen LogP contribution in [0.5, 0.6) is 0 Å². The molecule has 0 fully saturated rings. The molecular formula is C32H32N4S. The molecule has 0 saturated carbocycles. The molecule has 5 heteroatoms. The predicted octanol–water partition coefficient (Wildman–Crippen LogP) is 6.99. The van der Waals surface area contributed by atoms with Crippen LogP contribution in [0.2, 0.25) is 0 Å². The number of benzene rings is 2. The third kappa shape index (κ3) is 6.20. The highest BCUT2D eigenvalue weighted by molar-refractivity contribution is 7.18. The summed E-state index contributed by atoms with van der Waals surface area (Å²) < 4.78 is 0. The molecule has 0 spiro atoms. The Bertz CT molecular complexity index is 1360. The zero-order valence-corrected chi connectivity index (χ0v) is 21.8. The number of rotatable bonds is 10. The molecule has 2 aromatic carbocycles. The monoisotopic (exact) mass is 504 g/mol. The lowest BCUT2D eigenvalue weighted by atomic mass is 10.0. The molecule has 3 aromatic heterocycles. The zero-order valence-electron chi connectivity index (χ0n) is 20.9. The molecule has 4 nitrogen and oxygen atoms in total. The molecule has 0 atom stereocenters. The van der Waals surface area contributed by atoms with E-state index in [1.165, 1.54) is 32.0 Å². The molecular weight excluding hydrogens is 472 g/mol. The van der Waals surface area contributed by atoms with E-state index in [1.807, 2.05) is 24.8 Å². The van der Waals surface area contributed by atoms with Crippen molar-refractivity contribution in [2.24, 2.45) is 11.5 Å². The van der Waals surface area contributed by atoms with Gasteiger partial charge >= 0.3 is 0 Å². The second-order valence-electron chi connectivity index (χ2n) is 9.27. The lowest BCUT2D eigenvalue weighted by molar-refractivity contribution is 0.833. The van der Waals surface area contributed by atoms with Crippen molar-refractivity contribution in [2.45, 2.75) is 25.7 Å². The van der Waals surface area contributed by atoms with Gasteiger partial charge in [0, 0.05) is 56.8 Å². The van der Waals surface area contributed by atoms with Crippen molar-refractivity contribution in [1.82, 2.24) is 9.97 Å². The van der Waals surface area contributed by atoms with E-state index >= 15 is 0 Å². The molecule has 0 bridgehead atoms. The van der Waals surface area contributed by atoms with Crippen LogP contribution in [0.15, 0.2) is 97.6 Å². The third-order valence-electron chi connectivity index (χ3n) is 6.51. The van der Waals surface area contributed by atoms with E-state index in [0.29, 0.717) is 13.1 Å². The maximum Gasteiger partial charge on any atom is 0.0365 e. The minimum absolute atomic E-state index is 0.710. The summed E-state index contributed by atoms with van der Waals surface area (Å²) in [6, 6.07) is 26.2. The van der Waals surface area contributed by atoms with Crippen LogP contribution in [0, 0.1) is 0 Å². The van der Waals surface area contributed by atoms with Crippen molar-refractivity contribution in [1.29, 1.82) is 0 Å². The largest absolute Gasteiger partial charge is 0.330 e. The summed E-state index contributed by atoms with van der Waals surface area (Å²) in [7, 11) is 0. The van der Waals surface area contributed by atoms with Gasteiger partial charge in [-0.1, -0.05) is 48.5 Å². The highest BCUT2D eigenvalue weighted by atomic mass is 32.1. The molecule has 0 amide bonds. The second-order valence-corrected chi connectivity index (χ2v) is 10.4. The summed E-state index contributed by atoms with van der Waals surface area (Å²) >= 11 is 1.77. The Morgan fingerprint density at radius 2 is 0.973 bits per heavy atom. The quantitative estimate of drug-likeness (QED) is 0.215. The van der Waals surface area contributed by atoms with E-state index < -0.39 is 0 Å². The molecule has 0 saturated heterocycles. The van der Waals surface area contributed by atoms with Crippen LogP contribution in [-0.4, -0.2) is 23.1 Å². The Morgan fingerprint density at radius 1 is 0.514 bits per heavy atom. The molecule has 37 heavy (non-hydrogen) atoms. The summed E-state index contributed by atoms with van der Waals surface area (Å²) in [5.41, 5.74) is 20.9. The van der Waals surface area contributed by atoms with Crippen molar-refractivity contribution in [3.05, 3.63) is 109 Å². The van der Waals surface area contributed by atoms with Crippen molar-refractivity contribution < 1.29 is 0 Å². The lowest BCUT2D eigenvalue weighted by Crippen LogP contribution is -2.00. The normalized spacial score (nSPS) is 11.1. The van der Waals surface area contributed by atoms with Gasteiger partial charge in [-0.2, -0.15) is 0 Å². The van der Waals surface area contributed by atoms with Gasteiger partial charge in [-0.3, -0.25) is 9.97 Å². The Morgan fingerprint density at radius 3 is 1.43 bits per heavy atom. The average Bonchev–Trinajstić information content (AvgIpc) is 3.46. The second kappa shape index (κ2) is 12.1. The first kappa shape index (κ1) is 25.0. The van der Waals surface area contributed by atoms with Gasteiger partial charge in [-0.25, -0.2) is 0 Å². The van der Waals surface area contributed by atoms with Gasteiger partial charge in [0.1, 0.15) is 0 Å². The highest BCUT2D eigenvalue weighted by Crippen LogP contribution is 2.36. The fourth-order valence-electron chi connectivity index (χ4n) is 4.54. The highest BCUT2D eigenvalue weighted by Gasteiger charge is 2.10. The molecule has 0 aliphatic carbocycles. The van der Waals surface area contributed by atoms with E-state index in [-0.39, 0.29) is 0 Å². The summed E-state index contributed by atoms with van der Waals surface area (Å²) in [6.45, 7) is 1.42. The number of nitrogens with zero attached hydrogens (tertiary/aromatic N) is 2. The first-order valence-corrected chi connectivity index (χ1v) is 13.6. The van der Waals surface area contributed by atoms with E-state index in [4.69, 9.17) is 11.5 Å². The van der Waals surface area contributed by atoms with E-state index in [9.17, 15) is 0 Å². The van der Waals surface area contributed by atoms with Crippen LogP contribution in [-0.2, 0) is 12.8 Å². The predicted molar refractivity (Wildman–Crippen MR) is 156 cm³/mol. The van der Waals surface area contributed by atoms with Crippen LogP contribution in [0.1, 0.15) is 24.0 Å². The number of hydrogen-bond donors (Lipinski definition) is 2. The van der Waals surface area contributed by atoms with Crippen LogP contribution < -0.4 is 11.5 Å². The van der Waals surface area contributed by atoms with Crippen LogP contribution in [0.3, 0.4) is 0 Å². The first-order valence-electron chi connectivity index (χ1n) is 12.8. The van der Waals surface area contributed by atoms with Crippen LogP contribution in [0.4, 0.5) is 0 Å². The third-order valence-corrected chi connectivity index (χ3v) is 7.69. The van der Waals surface area contributed by atoms with Gasteiger partial charge < -0.3 is 11.5 Å². The van der Waals surface area contributed by atoms with Crippen molar-refractivity contribution in [2.75, 3.05) is 13.1 Å². The van der Waals surface area contributed by atoms with Gasteiger partial charge in [-0.05, 0) is 85.3 Å². The average molecular weight is 505 g/mol. The molecule has 186 valence electrons. The molecule has 0 aliphatic rings. The van der Waals surface area contributed by atoms with Crippen molar-refractivity contribution in [3.63, 3.8) is 0 Å². The molecule has 0 unspecified atom stereocenters. The van der Waals surface area contributed by atoms with Crippen LogP contribution in [0.25, 0.3) is 43.1 Å². The van der Waals surface area contributed by atoms with Gasteiger partial charge in [0.2, 0.25) is 0 Å². The summed E-state index contributed by atoms with van der Waals surface area (Å²) in [5, 5.41) is 0. The molecule has 5 rings (SSSR count). The fraction of sp³-hybridized carbons (Fsp3) is 0.188. The number of aromatic nitrogens is 2. The van der Waals surface area contributed by atoms with E-state index in [0.717, 1.165) is 47.9 Å². The summed E-state index contributed by atoms with van der Waals surface area (Å²) in [4.78, 5) is 11.5. The first-order chi connectivity index (χ1) is 18.2. The van der Waals surface area contributed by atoms with Crippen LogP contribution >= 0.6 is 11.3 Å². The maximum absolute atomic E-state index is 5.70. The SMILES string of the molecule is NCCCc1cccc(-c2cncc(-c3ccc(-c4cncc(-c5cccc(CCCN)c5)c4)s3)c2)c1. The fourth-order valence-corrected chi connectivity index (χ4v) is 5.51. The van der Waals surface area contributed by atoms with E-state index in [2.05, 4.69) is 82.8 Å². The minimum Gasteiger partial charge on any atom is -0.330 e. The standard InChI is InChI=1S/C32H32N4S/c33-13-3-7-23-5-1-9-25(15-23)27-17-29(21-35-19-27)31-11-12-32(37-31)30-18-28(20-36-22-30)26-10-2-6-24(16-26)8-4-14-34/h1-2,5-6,9-12,15-22H,3-4,7-8,13-14,33-34H2. The zero-order chi connectivity index (χ0) is 25.5. The number of hydrogen-bond acceptors (Lipinski definition) is 5. The topological polar surface area (TPSA) is 77.8 Å².